The van der Waals surface area contributed by atoms with E-state index in [1.807, 2.05) is 6.07 Å². The van der Waals surface area contributed by atoms with Crippen molar-refractivity contribution >= 4 is 28.6 Å². The molecule has 0 spiro atoms. The average Bonchev–Trinajstić information content (AvgIpc) is 2.78. The second-order valence-corrected chi connectivity index (χ2v) is 5.22. The van der Waals surface area contributed by atoms with E-state index in [2.05, 4.69) is 10.1 Å². The Bertz CT molecular complexity index is 986. The van der Waals surface area contributed by atoms with Gasteiger partial charge in [-0.15, -0.1) is 0 Å². The molecule has 118 valence electrons. The molecule has 0 amide bonds. The highest BCUT2D eigenvalue weighted by atomic mass is 16.4. The van der Waals surface area contributed by atoms with Crippen LogP contribution in [0.4, 0.5) is 0 Å². The molecule has 0 aliphatic carbocycles. The van der Waals surface area contributed by atoms with Crippen LogP contribution in [0.2, 0.25) is 0 Å². The van der Waals surface area contributed by atoms with E-state index >= 15 is 0 Å². The maximum Gasteiger partial charge on any atom is 0.296 e. The van der Waals surface area contributed by atoms with E-state index in [1.54, 1.807) is 22.8 Å². The Morgan fingerprint density at radius 1 is 1.22 bits per heavy atom. The van der Waals surface area contributed by atoms with Crippen LogP contribution in [-0.2, 0) is 22.6 Å². The van der Waals surface area contributed by atoms with Gasteiger partial charge in [-0.3, -0.25) is 9.59 Å². The molecule has 0 saturated carbocycles. The first kappa shape index (κ1) is 14.9. The van der Waals surface area contributed by atoms with Gasteiger partial charge in [-0.2, -0.15) is 14.6 Å². The second-order valence-electron chi connectivity index (χ2n) is 5.22. The zero-order chi connectivity index (χ0) is 16.6. The van der Waals surface area contributed by atoms with Gasteiger partial charge in [0.15, 0.2) is 0 Å². The number of carbonyl (C=O) groups is 2. The number of aryl methyl sites for hydroxylation is 1. The number of fused-ring (bicyclic) bond motifs is 3. The number of hydrogen-bond donors (Lipinski definition) is 0. The molecule has 3 rings (SSSR count). The Balaban J connectivity index is 2.26. The number of Topliss-reactive ketones (excluding diaryl/α,β-unsaturated/α-hetero) is 1. The van der Waals surface area contributed by atoms with E-state index in [0.29, 0.717) is 5.52 Å². The number of carbonyl (C=O) groups excluding carboxylic acids is 2. The Labute approximate surface area is 130 Å². The molecule has 1 aromatic carbocycles. The molecule has 23 heavy (non-hydrogen) atoms. The number of hydrogen-bond acceptors (Lipinski definition) is 6. The van der Waals surface area contributed by atoms with Gasteiger partial charge in [0, 0.05) is 12.4 Å². The lowest BCUT2D eigenvalue weighted by Crippen LogP contribution is -2.26. The predicted octanol–water partition coefficient (Wildman–Crippen LogP) is -0.684. The lowest BCUT2D eigenvalue weighted by Gasteiger charge is -2.03. The van der Waals surface area contributed by atoms with Crippen molar-refractivity contribution in [2.24, 2.45) is 0 Å². The molecule has 0 N–H and O–H groups in total. The van der Waals surface area contributed by atoms with Crippen molar-refractivity contribution < 1.29 is 14.7 Å². The summed E-state index contributed by atoms with van der Waals surface area (Å²) >= 11 is 0. The van der Waals surface area contributed by atoms with Crippen molar-refractivity contribution in [3.63, 3.8) is 0 Å². The number of para-hydroxylation sites is 2. The molecule has 0 atom stereocenters. The summed E-state index contributed by atoms with van der Waals surface area (Å²) in [5, 5.41) is 14.8. The topological polar surface area (TPSA) is 109 Å². The van der Waals surface area contributed by atoms with Gasteiger partial charge in [0.1, 0.15) is 11.5 Å². The van der Waals surface area contributed by atoms with Gasteiger partial charge in [-0.25, -0.2) is 0 Å². The van der Waals surface area contributed by atoms with Crippen LogP contribution >= 0.6 is 0 Å². The molecule has 2 aromatic heterocycles. The molecule has 0 aliphatic rings. The molecule has 8 nitrogen and oxygen atoms in total. The molecule has 0 bridgehead atoms. The summed E-state index contributed by atoms with van der Waals surface area (Å²) in [4.78, 5) is 38.1. The fourth-order valence-corrected chi connectivity index (χ4v) is 2.48. The minimum Gasteiger partial charge on any atom is -0.550 e. The van der Waals surface area contributed by atoms with Gasteiger partial charge in [0.05, 0.1) is 17.6 Å². The third-order valence-electron chi connectivity index (χ3n) is 3.45. The van der Waals surface area contributed by atoms with Crippen molar-refractivity contribution in [1.82, 2.24) is 19.2 Å². The first-order chi connectivity index (χ1) is 11.0. The first-order valence-corrected chi connectivity index (χ1v) is 7.04. The largest absolute Gasteiger partial charge is 0.550 e. The van der Waals surface area contributed by atoms with Crippen LogP contribution in [0.5, 0.6) is 0 Å². The van der Waals surface area contributed by atoms with Crippen molar-refractivity contribution in [1.29, 1.82) is 0 Å². The zero-order valence-corrected chi connectivity index (χ0v) is 12.4. The molecule has 0 fully saturated rings. The van der Waals surface area contributed by atoms with Crippen LogP contribution in [0.3, 0.4) is 0 Å². The summed E-state index contributed by atoms with van der Waals surface area (Å²) in [7, 11) is 0. The summed E-state index contributed by atoms with van der Waals surface area (Å²) in [6.07, 6.45) is -0.356. The van der Waals surface area contributed by atoms with Crippen LogP contribution in [-0.4, -0.2) is 30.9 Å². The van der Waals surface area contributed by atoms with Gasteiger partial charge < -0.3 is 14.5 Å². The Morgan fingerprint density at radius 2 is 1.91 bits per heavy atom. The van der Waals surface area contributed by atoms with Crippen molar-refractivity contribution in [2.75, 3.05) is 0 Å². The minimum absolute atomic E-state index is 0.0523. The fraction of sp³-hybridized carbons (Fsp3) is 0.267. The summed E-state index contributed by atoms with van der Waals surface area (Å²) < 4.78 is 3.08. The molecule has 0 radical (unpaired) electrons. The van der Waals surface area contributed by atoms with Crippen LogP contribution in [0, 0.1) is 0 Å². The van der Waals surface area contributed by atoms with E-state index in [4.69, 9.17) is 0 Å². The van der Waals surface area contributed by atoms with Gasteiger partial charge in [-0.1, -0.05) is 12.1 Å². The van der Waals surface area contributed by atoms with Crippen LogP contribution in [0.15, 0.2) is 29.1 Å². The molecular formula is C15H13N4O4-. The molecule has 3 aromatic rings. The summed E-state index contributed by atoms with van der Waals surface area (Å²) in [6, 6.07) is 7.22. The number of carboxylic acid groups (broad SMARTS) is 1. The Hall–Kier alpha value is -3.03. The monoisotopic (exact) mass is 313 g/mol. The van der Waals surface area contributed by atoms with E-state index in [-0.39, 0.29) is 36.6 Å². The molecular weight excluding hydrogens is 300 g/mol. The lowest BCUT2D eigenvalue weighted by molar-refractivity contribution is -0.305. The number of aromatic nitrogens is 4. The highest BCUT2D eigenvalue weighted by Crippen LogP contribution is 2.18. The predicted molar refractivity (Wildman–Crippen MR) is 78.8 cm³/mol. The standard InChI is InChI=1S/C15H14N4O4/c1-9(20)8-18-11-4-2-3-5-12(11)19-15(18)16-14(23)10(17-19)6-7-13(21)22/h2-5H,6-8H2,1H3,(H,21,22)/p-1. The van der Waals surface area contributed by atoms with Crippen LogP contribution < -0.4 is 10.7 Å². The van der Waals surface area contributed by atoms with Crippen molar-refractivity contribution in [2.45, 2.75) is 26.3 Å². The lowest BCUT2D eigenvalue weighted by atomic mass is 10.2. The third kappa shape index (κ3) is 2.70. The van der Waals surface area contributed by atoms with Crippen molar-refractivity contribution in [3.8, 4) is 0 Å². The zero-order valence-electron chi connectivity index (χ0n) is 12.4. The third-order valence-corrected chi connectivity index (χ3v) is 3.45. The maximum absolute atomic E-state index is 12.1. The van der Waals surface area contributed by atoms with E-state index in [0.717, 1.165) is 5.52 Å². The maximum atomic E-state index is 12.1. The molecule has 2 heterocycles. The smallest absolute Gasteiger partial charge is 0.296 e. The fourth-order valence-electron chi connectivity index (χ4n) is 2.48. The van der Waals surface area contributed by atoms with Crippen molar-refractivity contribution in [3.05, 3.63) is 40.3 Å². The number of aliphatic carboxylic acids is 1. The second kappa shape index (κ2) is 5.64. The first-order valence-electron chi connectivity index (χ1n) is 7.04. The minimum atomic E-state index is -1.25. The normalized spacial score (nSPS) is 11.2. The average molecular weight is 313 g/mol. The van der Waals surface area contributed by atoms with Gasteiger partial charge in [0.25, 0.3) is 5.56 Å². The van der Waals surface area contributed by atoms with Crippen LogP contribution in [0.25, 0.3) is 16.8 Å². The quantitative estimate of drug-likeness (QED) is 0.617. The number of ketones is 1. The van der Waals surface area contributed by atoms with E-state index in [9.17, 15) is 19.5 Å². The number of nitrogens with zero attached hydrogens (tertiary/aromatic N) is 4. The van der Waals surface area contributed by atoms with Gasteiger partial charge in [-0.05, 0) is 25.5 Å². The van der Waals surface area contributed by atoms with Gasteiger partial charge >= 0.3 is 0 Å². The Kier molecular flexibility index (Phi) is 3.65. The summed E-state index contributed by atoms with van der Waals surface area (Å²) in [6.45, 7) is 1.52. The molecule has 8 heteroatoms. The summed E-state index contributed by atoms with van der Waals surface area (Å²) in [5.74, 6) is -1.08. The Morgan fingerprint density at radius 3 is 2.57 bits per heavy atom. The SMILES string of the molecule is CC(=O)Cn1c2ccccc2n2nc(CCC(=O)[O-])c(=O)nc12. The van der Waals surface area contributed by atoms with Gasteiger partial charge in [0.2, 0.25) is 5.78 Å². The van der Waals surface area contributed by atoms with E-state index < -0.39 is 11.5 Å². The number of rotatable bonds is 5. The number of carboxylic acids is 1. The number of benzene rings is 1. The molecule has 0 saturated heterocycles. The highest BCUT2D eigenvalue weighted by molar-refractivity contribution is 5.84. The van der Waals surface area contributed by atoms with E-state index in [1.165, 1.54) is 11.4 Å². The highest BCUT2D eigenvalue weighted by Gasteiger charge is 2.15. The van der Waals surface area contributed by atoms with Crippen LogP contribution in [0.1, 0.15) is 19.0 Å². The molecule has 0 aliphatic heterocycles. The summed E-state index contributed by atoms with van der Waals surface area (Å²) in [5.41, 5.74) is 0.862. The number of imidazole rings is 1. The molecule has 0 unspecified atom stereocenters.